The quantitative estimate of drug-likeness (QED) is 0.441. The van der Waals surface area contributed by atoms with Crippen LogP contribution in [-0.4, -0.2) is 5.78 Å². The lowest BCUT2D eigenvalue weighted by Gasteiger charge is -2.02. The zero-order chi connectivity index (χ0) is 13.8. The molecule has 1 nitrogen and oxygen atoms in total. The molecule has 2 aromatic rings. The highest BCUT2D eigenvalue weighted by Crippen LogP contribution is 2.25. The number of hydrogen-bond donors (Lipinski definition) is 0. The minimum Gasteiger partial charge on any atom is -0.289 e. The molecule has 0 aromatic heterocycles. The molecule has 0 aliphatic carbocycles. The van der Waals surface area contributed by atoms with Crippen molar-refractivity contribution in [2.45, 2.75) is 0 Å². The molecule has 2 aromatic carbocycles. The third-order valence-corrected chi connectivity index (χ3v) is 3.09. The molecule has 0 radical (unpaired) electrons. The van der Waals surface area contributed by atoms with Crippen LogP contribution in [0.5, 0.6) is 0 Å². The Hall–Kier alpha value is -1.64. The van der Waals surface area contributed by atoms with Gasteiger partial charge in [0.25, 0.3) is 0 Å². The normalized spacial score (nSPS) is 10.9. The van der Waals surface area contributed by atoms with Crippen LogP contribution in [0.3, 0.4) is 0 Å². The lowest BCUT2D eigenvalue weighted by atomic mass is 10.1. The molecule has 0 saturated carbocycles. The van der Waals surface area contributed by atoms with Gasteiger partial charge in [-0.25, -0.2) is 4.39 Å². The molecule has 0 heterocycles. The van der Waals surface area contributed by atoms with E-state index in [4.69, 9.17) is 23.2 Å². The van der Waals surface area contributed by atoms with Gasteiger partial charge in [-0.05, 0) is 23.8 Å². The van der Waals surface area contributed by atoms with Gasteiger partial charge in [0.1, 0.15) is 5.82 Å². The molecule has 4 heteroatoms. The molecule has 0 amide bonds. The predicted octanol–water partition coefficient (Wildman–Crippen LogP) is 5.03. The lowest BCUT2D eigenvalue weighted by Crippen LogP contribution is -1.97. The summed E-state index contributed by atoms with van der Waals surface area (Å²) in [7, 11) is 0. The fourth-order valence-corrected chi connectivity index (χ4v) is 1.97. The number of rotatable bonds is 3. The first kappa shape index (κ1) is 13.8. The third kappa shape index (κ3) is 3.43. The maximum absolute atomic E-state index is 13.4. The van der Waals surface area contributed by atoms with E-state index < -0.39 is 11.6 Å². The molecule has 0 aliphatic heterocycles. The first-order valence-electron chi connectivity index (χ1n) is 5.50. The van der Waals surface area contributed by atoms with Gasteiger partial charge in [0.05, 0.1) is 5.02 Å². The van der Waals surface area contributed by atoms with Gasteiger partial charge in [-0.15, -0.1) is 0 Å². The van der Waals surface area contributed by atoms with E-state index in [1.54, 1.807) is 6.08 Å². The van der Waals surface area contributed by atoms with Gasteiger partial charge >= 0.3 is 0 Å². The molecule has 0 saturated heterocycles. The molecule has 0 atom stereocenters. The summed E-state index contributed by atoms with van der Waals surface area (Å²) in [6, 6.07) is 11.7. The summed E-state index contributed by atoms with van der Waals surface area (Å²) in [5, 5.41) is -0.0783. The van der Waals surface area contributed by atoms with E-state index in [-0.39, 0.29) is 15.6 Å². The number of allylic oxidation sites excluding steroid dienone is 1. The second-order valence-electron chi connectivity index (χ2n) is 3.86. The van der Waals surface area contributed by atoms with Crippen molar-refractivity contribution >= 4 is 35.1 Å². The molecule has 0 spiro atoms. The molecule has 0 bridgehead atoms. The maximum Gasteiger partial charge on any atom is 0.187 e. The fraction of sp³-hybridized carbons (Fsp3) is 0. The minimum absolute atomic E-state index is 0.0545. The van der Waals surface area contributed by atoms with Crippen molar-refractivity contribution in [2.75, 3.05) is 0 Å². The summed E-state index contributed by atoms with van der Waals surface area (Å²) in [4.78, 5) is 11.9. The van der Waals surface area contributed by atoms with E-state index >= 15 is 0 Å². The van der Waals surface area contributed by atoms with Gasteiger partial charge < -0.3 is 0 Å². The van der Waals surface area contributed by atoms with Gasteiger partial charge in [-0.1, -0.05) is 59.6 Å². The van der Waals surface area contributed by atoms with Crippen LogP contribution in [0.15, 0.2) is 48.5 Å². The van der Waals surface area contributed by atoms with E-state index in [9.17, 15) is 9.18 Å². The average Bonchev–Trinajstić information content (AvgIpc) is 2.41. The third-order valence-electron chi connectivity index (χ3n) is 2.49. The average molecular weight is 295 g/mol. The van der Waals surface area contributed by atoms with Gasteiger partial charge in [-0.3, -0.25) is 4.79 Å². The highest BCUT2D eigenvalue weighted by atomic mass is 35.5. The van der Waals surface area contributed by atoms with Crippen LogP contribution in [0.25, 0.3) is 6.08 Å². The molecule has 0 fully saturated rings. The summed E-state index contributed by atoms with van der Waals surface area (Å²) in [6.45, 7) is 0. The van der Waals surface area contributed by atoms with Crippen LogP contribution >= 0.6 is 23.2 Å². The second-order valence-corrected chi connectivity index (χ2v) is 4.67. The van der Waals surface area contributed by atoms with Crippen LogP contribution in [0.4, 0.5) is 4.39 Å². The number of carbonyl (C=O) groups excluding carboxylic acids is 1. The summed E-state index contributed by atoms with van der Waals surface area (Å²) < 4.78 is 13.4. The van der Waals surface area contributed by atoms with Crippen molar-refractivity contribution in [1.82, 2.24) is 0 Å². The topological polar surface area (TPSA) is 17.1 Å². The SMILES string of the molecule is O=C(/C=C/c1ccccc1)c1cc(Cl)cc(F)c1Cl. The van der Waals surface area contributed by atoms with Gasteiger partial charge in [-0.2, -0.15) is 0 Å². The monoisotopic (exact) mass is 294 g/mol. The number of ketones is 1. The summed E-state index contributed by atoms with van der Waals surface area (Å²) in [5.41, 5.74) is 0.924. The molecular weight excluding hydrogens is 286 g/mol. The number of benzene rings is 2. The highest BCUT2D eigenvalue weighted by Gasteiger charge is 2.13. The zero-order valence-electron chi connectivity index (χ0n) is 9.74. The van der Waals surface area contributed by atoms with Crippen molar-refractivity contribution < 1.29 is 9.18 Å². The minimum atomic E-state index is -0.703. The van der Waals surface area contributed by atoms with Crippen molar-refractivity contribution in [3.8, 4) is 0 Å². The molecule has 2 rings (SSSR count). The lowest BCUT2D eigenvalue weighted by molar-refractivity contribution is 0.104. The maximum atomic E-state index is 13.4. The van der Waals surface area contributed by atoms with E-state index in [1.807, 2.05) is 30.3 Å². The van der Waals surface area contributed by atoms with E-state index in [0.717, 1.165) is 11.6 Å². The molecular formula is C15H9Cl2FO. The fourth-order valence-electron chi connectivity index (χ4n) is 1.56. The Morgan fingerprint density at radius 1 is 1.11 bits per heavy atom. The number of carbonyl (C=O) groups is 1. The molecule has 19 heavy (non-hydrogen) atoms. The van der Waals surface area contributed by atoms with Crippen LogP contribution in [0.1, 0.15) is 15.9 Å². The van der Waals surface area contributed by atoms with Crippen LogP contribution in [-0.2, 0) is 0 Å². The Balaban J connectivity index is 2.28. The number of halogens is 3. The second kappa shape index (κ2) is 6.00. The van der Waals surface area contributed by atoms with Crippen molar-refractivity contribution in [1.29, 1.82) is 0 Å². The number of hydrogen-bond acceptors (Lipinski definition) is 1. The first-order chi connectivity index (χ1) is 9.08. The summed E-state index contributed by atoms with van der Waals surface area (Å²) in [5.74, 6) is -1.10. The van der Waals surface area contributed by atoms with E-state index in [0.29, 0.717) is 0 Å². The van der Waals surface area contributed by atoms with Crippen molar-refractivity contribution in [3.05, 3.63) is 75.5 Å². The van der Waals surface area contributed by atoms with Crippen molar-refractivity contribution in [3.63, 3.8) is 0 Å². The first-order valence-corrected chi connectivity index (χ1v) is 6.25. The van der Waals surface area contributed by atoms with E-state index in [1.165, 1.54) is 12.1 Å². The molecule has 0 N–H and O–H groups in total. The molecule has 0 aliphatic rings. The Bertz CT molecular complexity index is 636. The molecule has 0 unspecified atom stereocenters. The van der Waals surface area contributed by atoms with E-state index in [2.05, 4.69) is 0 Å². The van der Waals surface area contributed by atoms with Crippen LogP contribution < -0.4 is 0 Å². The van der Waals surface area contributed by atoms with Gasteiger partial charge in [0, 0.05) is 10.6 Å². The van der Waals surface area contributed by atoms with Gasteiger partial charge in [0.15, 0.2) is 5.78 Å². The molecule has 96 valence electrons. The Kier molecular flexibility index (Phi) is 4.35. The highest BCUT2D eigenvalue weighted by molar-refractivity contribution is 6.36. The largest absolute Gasteiger partial charge is 0.289 e. The summed E-state index contributed by atoms with van der Waals surface area (Å²) >= 11 is 11.5. The summed E-state index contributed by atoms with van der Waals surface area (Å²) in [6.07, 6.45) is 2.98. The van der Waals surface area contributed by atoms with Crippen LogP contribution in [0, 0.1) is 5.82 Å². The zero-order valence-corrected chi connectivity index (χ0v) is 11.3. The Morgan fingerprint density at radius 2 is 1.79 bits per heavy atom. The Labute approximate surface area is 120 Å². The smallest absolute Gasteiger partial charge is 0.187 e. The van der Waals surface area contributed by atoms with Crippen LogP contribution in [0.2, 0.25) is 10.0 Å². The van der Waals surface area contributed by atoms with Crippen molar-refractivity contribution in [2.24, 2.45) is 0 Å². The van der Waals surface area contributed by atoms with Gasteiger partial charge in [0.2, 0.25) is 0 Å². The standard InChI is InChI=1S/C15H9Cl2FO/c16-11-8-12(15(17)13(18)9-11)14(19)7-6-10-4-2-1-3-5-10/h1-9H/b7-6+. The Morgan fingerprint density at radius 3 is 2.47 bits per heavy atom. The predicted molar refractivity (Wildman–Crippen MR) is 76.2 cm³/mol.